The molecule has 0 bridgehead atoms. The average Bonchev–Trinajstić information content (AvgIpc) is 3.18. The monoisotopic (exact) mass is 465 g/mol. The van der Waals surface area contributed by atoms with E-state index in [-0.39, 0.29) is 5.69 Å². The number of carboxylic acids is 2. The van der Waals surface area contributed by atoms with E-state index < -0.39 is 18.1 Å². The van der Waals surface area contributed by atoms with Crippen LogP contribution in [0, 0.1) is 0 Å². The highest BCUT2D eigenvalue weighted by atomic mass is 19.4. The number of halogens is 3. The minimum atomic E-state index is -5.08. The first kappa shape index (κ1) is 25.3. The largest absolute Gasteiger partial charge is 0.490 e. The molecule has 0 saturated carbocycles. The van der Waals surface area contributed by atoms with Gasteiger partial charge >= 0.3 is 18.1 Å². The molecule has 0 saturated heterocycles. The van der Waals surface area contributed by atoms with E-state index in [0.29, 0.717) is 18.8 Å². The van der Waals surface area contributed by atoms with E-state index >= 15 is 0 Å². The fraction of sp³-hybridized carbons (Fsp3) is 0.238. The number of aliphatic carboxylic acids is 1. The fourth-order valence-electron chi connectivity index (χ4n) is 2.70. The molecule has 0 amide bonds. The van der Waals surface area contributed by atoms with Gasteiger partial charge in [0, 0.05) is 43.7 Å². The molecule has 0 radical (unpaired) electrons. The lowest BCUT2D eigenvalue weighted by molar-refractivity contribution is -0.192. The van der Waals surface area contributed by atoms with Gasteiger partial charge in [0.1, 0.15) is 5.69 Å². The summed E-state index contributed by atoms with van der Waals surface area (Å²) in [6, 6.07) is 13.4. The molecule has 0 fully saturated rings. The van der Waals surface area contributed by atoms with Crippen molar-refractivity contribution in [3.8, 4) is 22.5 Å². The molecule has 3 rings (SSSR count). The minimum absolute atomic E-state index is 0.124. The number of anilines is 1. The summed E-state index contributed by atoms with van der Waals surface area (Å²) in [6.45, 7) is 0.673. The maximum atomic E-state index is 11.4. The summed E-state index contributed by atoms with van der Waals surface area (Å²) < 4.78 is 33.2. The number of rotatable bonds is 6. The number of nitrogens with two attached hydrogens (primary N) is 1. The van der Waals surface area contributed by atoms with Crippen molar-refractivity contribution in [3.63, 3.8) is 0 Å². The van der Waals surface area contributed by atoms with Gasteiger partial charge in [0.15, 0.2) is 0 Å². The maximum Gasteiger partial charge on any atom is 0.490 e. The molecule has 0 aliphatic carbocycles. The first-order valence-electron chi connectivity index (χ1n) is 9.49. The normalized spacial score (nSPS) is 10.8. The minimum Gasteiger partial charge on any atom is -0.477 e. The Morgan fingerprint density at radius 1 is 1.03 bits per heavy atom. The van der Waals surface area contributed by atoms with Crippen molar-refractivity contribution in [2.45, 2.75) is 12.7 Å². The van der Waals surface area contributed by atoms with Gasteiger partial charge in [-0.3, -0.25) is 9.67 Å². The zero-order valence-corrected chi connectivity index (χ0v) is 17.7. The smallest absolute Gasteiger partial charge is 0.477 e. The third-order valence-corrected chi connectivity index (χ3v) is 4.32. The van der Waals surface area contributed by atoms with Gasteiger partial charge in [0.05, 0.1) is 17.9 Å². The Kier molecular flexibility index (Phi) is 8.13. The Morgan fingerprint density at radius 2 is 1.64 bits per heavy atom. The van der Waals surface area contributed by atoms with Gasteiger partial charge in [-0.15, -0.1) is 0 Å². The van der Waals surface area contributed by atoms with Crippen molar-refractivity contribution >= 4 is 17.6 Å². The summed E-state index contributed by atoms with van der Waals surface area (Å²) in [7, 11) is 3.98. The van der Waals surface area contributed by atoms with E-state index in [0.717, 1.165) is 22.5 Å². The summed E-state index contributed by atoms with van der Waals surface area (Å²) in [5.41, 5.74) is 9.96. The summed E-state index contributed by atoms with van der Waals surface area (Å²) in [6.07, 6.45) is -3.38. The standard InChI is InChI=1S/C19H21N5O2.C2HF3O2/c1-23(2)15-5-3-13(4-6-15)16-11-14(7-9-21-16)17-12-18(19(25)26)24(22-17)10-8-20;3-2(4,5)1(6)7/h3-7,9,11-12H,8,10,20H2,1-2H3,(H,25,26);(H,6,7). The van der Waals surface area contributed by atoms with Crippen molar-refractivity contribution in [1.29, 1.82) is 0 Å². The Labute approximate surface area is 186 Å². The van der Waals surface area contributed by atoms with Gasteiger partial charge in [0.2, 0.25) is 0 Å². The van der Waals surface area contributed by atoms with Gasteiger partial charge in [-0.05, 0) is 30.3 Å². The van der Waals surface area contributed by atoms with Crippen LogP contribution in [-0.2, 0) is 11.3 Å². The van der Waals surface area contributed by atoms with Crippen LogP contribution >= 0.6 is 0 Å². The van der Waals surface area contributed by atoms with Gasteiger partial charge in [0.25, 0.3) is 0 Å². The number of aromatic carboxylic acids is 1. The van der Waals surface area contributed by atoms with Gasteiger partial charge < -0.3 is 20.8 Å². The molecule has 1 aromatic carbocycles. The number of nitrogens with zero attached hydrogens (tertiary/aromatic N) is 4. The Bertz CT molecular complexity index is 1110. The molecule has 0 spiro atoms. The number of aromatic nitrogens is 3. The van der Waals surface area contributed by atoms with Gasteiger partial charge in [-0.1, -0.05) is 12.1 Å². The second-order valence-corrected chi connectivity index (χ2v) is 6.91. The third kappa shape index (κ3) is 6.77. The quantitative estimate of drug-likeness (QED) is 0.506. The Morgan fingerprint density at radius 3 is 2.12 bits per heavy atom. The van der Waals surface area contributed by atoms with Crippen LogP contribution in [0.15, 0.2) is 48.7 Å². The number of pyridine rings is 1. The van der Waals surface area contributed by atoms with Crippen LogP contribution in [0.3, 0.4) is 0 Å². The molecule has 0 atom stereocenters. The number of hydrogen-bond acceptors (Lipinski definition) is 6. The van der Waals surface area contributed by atoms with Crippen LogP contribution in [0.1, 0.15) is 10.5 Å². The molecule has 2 aromatic heterocycles. The van der Waals surface area contributed by atoms with Gasteiger partial charge in [-0.25, -0.2) is 9.59 Å². The highest BCUT2D eigenvalue weighted by molar-refractivity contribution is 5.87. The highest BCUT2D eigenvalue weighted by Gasteiger charge is 2.38. The molecule has 9 nitrogen and oxygen atoms in total. The molecule has 3 aromatic rings. The summed E-state index contributed by atoms with van der Waals surface area (Å²) in [5.74, 6) is -3.78. The molecule has 33 heavy (non-hydrogen) atoms. The zero-order chi connectivity index (χ0) is 24.8. The number of hydrogen-bond donors (Lipinski definition) is 3. The van der Waals surface area contributed by atoms with Crippen molar-refractivity contribution in [3.05, 3.63) is 54.4 Å². The summed E-state index contributed by atoms with van der Waals surface area (Å²) in [4.78, 5) is 26.8. The number of carbonyl (C=O) groups is 2. The van der Waals surface area contributed by atoms with E-state index in [1.807, 2.05) is 55.4 Å². The summed E-state index contributed by atoms with van der Waals surface area (Å²) in [5, 5.41) is 20.8. The highest BCUT2D eigenvalue weighted by Crippen LogP contribution is 2.26. The first-order valence-corrected chi connectivity index (χ1v) is 9.49. The molecular weight excluding hydrogens is 443 g/mol. The Balaban J connectivity index is 0.000000479. The average molecular weight is 465 g/mol. The fourth-order valence-corrected chi connectivity index (χ4v) is 2.70. The van der Waals surface area contributed by atoms with Crippen molar-refractivity contribution in [2.24, 2.45) is 5.73 Å². The lowest BCUT2D eigenvalue weighted by Gasteiger charge is -2.12. The van der Waals surface area contributed by atoms with Gasteiger partial charge in [-0.2, -0.15) is 18.3 Å². The second-order valence-electron chi connectivity index (χ2n) is 6.91. The molecule has 0 unspecified atom stereocenters. The van der Waals surface area contributed by atoms with Crippen LogP contribution in [0.25, 0.3) is 22.5 Å². The molecule has 4 N–H and O–H groups in total. The molecular formula is C21H22F3N5O4. The molecule has 0 aliphatic heterocycles. The predicted molar refractivity (Wildman–Crippen MR) is 115 cm³/mol. The van der Waals surface area contributed by atoms with E-state index in [2.05, 4.69) is 10.1 Å². The third-order valence-electron chi connectivity index (χ3n) is 4.32. The number of benzene rings is 1. The van der Waals surface area contributed by atoms with E-state index in [1.165, 1.54) is 4.68 Å². The van der Waals surface area contributed by atoms with E-state index in [9.17, 15) is 23.1 Å². The van der Waals surface area contributed by atoms with Crippen molar-refractivity contribution in [2.75, 3.05) is 25.5 Å². The molecule has 176 valence electrons. The predicted octanol–water partition coefficient (Wildman–Crippen LogP) is 2.97. The zero-order valence-electron chi connectivity index (χ0n) is 17.7. The second kappa shape index (κ2) is 10.6. The maximum absolute atomic E-state index is 11.4. The lowest BCUT2D eigenvalue weighted by atomic mass is 10.1. The van der Waals surface area contributed by atoms with Crippen LogP contribution in [-0.4, -0.2) is 63.7 Å². The number of carboxylic acid groups (broad SMARTS) is 2. The van der Waals surface area contributed by atoms with Crippen molar-refractivity contribution < 1.29 is 33.0 Å². The SMILES string of the molecule is CN(C)c1ccc(-c2cc(-c3cc(C(=O)O)n(CCN)n3)ccn2)cc1.O=C(O)C(F)(F)F. The van der Waals surface area contributed by atoms with Crippen LogP contribution in [0.5, 0.6) is 0 Å². The van der Waals surface area contributed by atoms with Crippen LogP contribution in [0.4, 0.5) is 18.9 Å². The van der Waals surface area contributed by atoms with E-state index in [1.54, 1.807) is 12.3 Å². The Hall–Kier alpha value is -3.93. The van der Waals surface area contributed by atoms with Crippen LogP contribution in [0.2, 0.25) is 0 Å². The molecule has 0 aliphatic rings. The lowest BCUT2D eigenvalue weighted by Crippen LogP contribution is -2.21. The summed E-state index contributed by atoms with van der Waals surface area (Å²) >= 11 is 0. The number of alkyl halides is 3. The van der Waals surface area contributed by atoms with Crippen LogP contribution < -0.4 is 10.6 Å². The molecule has 12 heteroatoms. The van der Waals surface area contributed by atoms with Crippen molar-refractivity contribution in [1.82, 2.24) is 14.8 Å². The van der Waals surface area contributed by atoms with E-state index in [4.69, 9.17) is 15.6 Å². The first-order chi connectivity index (χ1) is 15.4. The molecule has 2 heterocycles. The topological polar surface area (TPSA) is 135 Å².